The number of nitrogens with zero attached hydrogens (tertiary/aromatic N) is 2. The summed E-state index contributed by atoms with van der Waals surface area (Å²) in [5.74, 6) is 0.574. The number of amides is 1. The van der Waals surface area contributed by atoms with E-state index in [0.29, 0.717) is 17.2 Å². The van der Waals surface area contributed by atoms with Crippen LogP contribution in [-0.4, -0.2) is 26.0 Å². The SMILES string of the molecule is CN(C(=O)c1ccc(N)cc1)c1ccccc1N1CCC(c2ccccc2)CC1. The first-order chi connectivity index (χ1) is 14.1. The maximum atomic E-state index is 13.0. The van der Waals surface area contributed by atoms with E-state index in [9.17, 15) is 4.79 Å². The fourth-order valence-electron chi connectivity index (χ4n) is 4.12. The Kier molecular flexibility index (Phi) is 5.52. The molecule has 2 N–H and O–H groups in total. The molecule has 0 aliphatic carbocycles. The van der Waals surface area contributed by atoms with Gasteiger partial charge in [-0.2, -0.15) is 0 Å². The summed E-state index contributed by atoms with van der Waals surface area (Å²) in [7, 11) is 1.84. The molecule has 1 aliphatic rings. The predicted octanol–water partition coefficient (Wildman–Crippen LogP) is 4.93. The lowest BCUT2D eigenvalue weighted by Gasteiger charge is -2.36. The summed E-state index contributed by atoms with van der Waals surface area (Å²) >= 11 is 0. The summed E-state index contributed by atoms with van der Waals surface area (Å²) in [4.78, 5) is 17.1. The van der Waals surface area contributed by atoms with Crippen molar-refractivity contribution in [1.82, 2.24) is 0 Å². The minimum atomic E-state index is -0.0309. The number of piperidine rings is 1. The number of anilines is 3. The molecule has 0 aromatic heterocycles. The molecule has 1 saturated heterocycles. The molecule has 29 heavy (non-hydrogen) atoms. The van der Waals surface area contributed by atoms with Crippen molar-refractivity contribution in [3.63, 3.8) is 0 Å². The molecule has 0 saturated carbocycles. The summed E-state index contributed by atoms with van der Waals surface area (Å²) < 4.78 is 0. The van der Waals surface area contributed by atoms with Crippen LogP contribution in [0.25, 0.3) is 0 Å². The van der Waals surface area contributed by atoms with Crippen LogP contribution in [0, 0.1) is 0 Å². The highest BCUT2D eigenvalue weighted by Crippen LogP contribution is 2.35. The van der Waals surface area contributed by atoms with Crippen molar-refractivity contribution < 1.29 is 4.79 Å². The van der Waals surface area contributed by atoms with Crippen molar-refractivity contribution >= 4 is 23.0 Å². The zero-order valence-electron chi connectivity index (χ0n) is 16.8. The zero-order valence-corrected chi connectivity index (χ0v) is 16.8. The fourth-order valence-corrected chi connectivity index (χ4v) is 4.12. The van der Waals surface area contributed by atoms with Gasteiger partial charge in [-0.25, -0.2) is 0 Å². The number of hydrogen-bond acceptors (Lipinski definition) is 3. The lowest BCUT2D eigenvalue weighted by Crippen LogP contribution is -2.35. The number of carbonyl (C=O) groups excluding carboxylic acids is 1. The lowest BCUT2D eigenvalue weighted by atomic mass is 9.89. The summed E-state index contributed by atoms with van der Waals surface area (Å²) in [6.07, 6.45) is 2.24. The van der Waals surface area contributed by atoms with Gasteiger partial charge in [0, 0.05) is 31.4 Å². The molecule has 1 fully saturated rings. The molecule has 1 heterocycles. The number of para-hydroxylation sites is 2. The van der Waals surface area contributed by atoms with Crippen molar-refractivity contribution in [3.8, 4) is 0 Å². The average molecular weight is 386 g/mol. The first-order valence-electron chi connectivity index (χ1n) is 10.2. The van der Waals surface area contributed by atoms with Gasteiger partial charge < -0.3 is 15.5 Å². The minimum Gasteiger partial charge on any atom is -0.399 e. The van der Waals surface area contributed by atoms with E-state index < -0.39 is 0 Å². The third-order valence-electron chi connectivity index (χ3n) is 5.81. The molecule has 3 aromatic rings. The first-order valence-corrected chi connectivity index (χ1v) is 10.2. The van der Waals surface area contributed by atoms with Gasteiger partial charge >= 0.3 is 0 Å². The number of rotatable bonds is 4. The molecule has 4 heteroatoms. The molecule has 1 amide bonds. The molecular formula is C25H27N3O. The Morgan fingerprint density at radius 3 is 2.21 bits per heavy atom. The van der Waals surface area contributed by atoms with Crippen LogP contribution >= 0.6 is 0 Å². The Hall–Kier alpha value is -3.27. The van der Waals surface area contributed by atoms with E-state index in [0.717, 1.165) is 37.3 Å². The number of carbonyl (C=O) groups is 1. The van der Waals surface area contributed by atoms with Crippen molar-refractivity contribution in [2.24, 2.45) is 0 Å². The second-order valence-corrected chi connectivity index (χ2v) is 7.65. The topological polar surface area (TPSA) is 49.6 Å². The average Bonchev–Trinajstić information content (AvgIpc) is 2.79. The second kappa shape index (κ2) is 8.39. The monoisotopic (exact) mass is 385 g/mol. The van der Waals surface area contributed by atoms with Gasteiger partial charge in [0.15, 0.2) is 0 Å². The summed E-state index contributed by atoms with van der Waals surface area (Å²) in [5, 5.41) is 0. The molecule has 0 atom stereocenters. The number of hydrogen-bond donors (Lipinski definition) is 1. The molecule has 4 nitrogen and oxygen atoms in total. The Bertz CT molecular complexity index is 961. The minimum absolute atomic E-state index is 0.0309. The Morgan fingerprint density at radius 1 is 0.897 bits per heavy atom. The Labute approximate surface area is 172 Å². The highest BCUT2D eigenvalue weighted by Gasteiger charge is 2.24. The number of benzene rings is 3. The van der Waals surface area contributed by atoms with Crippen LogP contribution in [0.3, 0.4) is 0 Å². The molecule has 0 spiro atoms. The van der Waals surface area contributed by atoms with Crippen molar-refractivity contribution in [2.45, 2.75) is 18.8 Å². The fraction of sp³-hybridized carbons (Fsp3) is 0.240. The van der Waals surface area contributed by atoms with Gasteiger partial charge in [0.2, 0.25) is 0 Å². The standard InChI is InChI=1S/C25H27N3O/c1-27(25(29)21-11-13-22(26)14-12-21)23-9-5-6-10-24(23)28-17-15-20(16-18-28)19-7-3-2-4-8-19/h2-14,20H,15-18,26H2,1H3. The van der Waals surface area contributed by atoms with E-state index in [1.165, 1.54) is 5.56 Å². The van der Waals surface area contributed by atoms with E-state index in [1.807, 2.05) is 25.2 Å². The highest BCUT2D eigenvalue weighted by molar-refractivity contribution is 6.07. The maximum absolute atomic E-state index is 13.0. The summed E-state index contributed by atoms with van der Waals surface area (Å²) in [6.45, 7) is 1.97. The third kappa shape index (κ3) is 4.11. The van der Waals surface area contributed by atoms with Gasteiger partial charge in [-0.15, -0.1) is 0 Å². The largest absolute Gasteiger partial charge is 0.399 e. The smallest absolute Gasteiger partial charge is 0.258 e. The van der Waals surface area contributed by atoms with Gasteiger partial charge in [0.05, 0.1) is 11.4 Å². The van der Waals surface area contributed by atoms with Gasteiger partial charge in [-0.1, -0.05) is 42.5 Å². The van der Waals surface area contributed by atoms with E-state index in [2.05, 4.69) is 41.3 Å². The van der Waals surface area contributed by atoms with Crippen LogP contribution in [0.15, 0.2) is 78.9 Å². The van der Waals surface area contributed by atoms with E-state index >= 15 is 0 Å². The molecule has 148 valence electrons. The van der Waals surface area contributed by atoms with Crippen molar-refractivity contribution in [2.75, 3.05) is 35.7 Å². The van der Waals surface area contributed by atoms with Crippen molar-refractivity contribution in [1.29, 1.82) is 0 Å². The van der Waals surface area contributed by atoms with Crippen LogP contribution in [0.4, 0.5) is 17.1 Å². The van der Waals surface area contributed by atoms with E-state index in [1.54, 1.807) is 29.2 Å². The van der Waals surface area contributed by atoms with E-state index in [4.69, 9.17) is 5.73 Å². The van der Waals surface area contributed by atoms with Crippen LogP contribution in [0.5, 0.6) is 0 Å². The number of nitrogens with two attached hydrogens (primary N) is 1. The predicted molar refractivity (Wildman–Crippen MR) is 121 cm³/mol. The summed E-state index contributed by atoms with van der Waals surface area (Å²) in [5.41, 5.74) is 10.5. The van der Waals surface area contributed by atoms with Gasteiger partial charge in [-0.3, -0.25) is 4.79 Å². The quantitative estimate of drug-likeness (QED) is 0.648. The van der Waals surface area contributed by atoms with E-state index in [-0.39, 0.29) is 5.91 Å². The van der Waals surface area contributed by atoms with Crippen molar-refractivity contribution in [3.05, 3.63) is 90.0 Å². The molecular weight excluding hydrogens is 358 g/mol. The number of nitrogen functional groups attached to an aromatic ring is 1. The normalized spacial score (nSPS) is 14.6. The van der Waals surface area contributed by atoms with Crippen LogP contribution in [-0.2, 0) is 0 Å². The maximum Gasteiger partial charge on any atom is 0.258 e. The highest BCUT2D eigenvalue weighted by atomic mass is 16.2. The molecule has 0 bridgehead atoms. The zero-order chi connectivity index (χ0) is 20.2. The molecule has 0 unspecified atom stereocenters. The van der Waals surface area contributed by atoms with Crippen LogP contribution in [0.1, 0.15) is 34.7 Å². The first kappa shape index (κ1) is 19.1. The van der Waals surface area contributed by atoms with Gasteiger partial charge in [0.1, 0.15) is 0 Å². The van der Waals surface area contributed by atoms with Gasteiger partial charge in [0.25, 0.3) is 5.91 Å². The van der Waals surface area contributed by atoms with Crippen LogP contribution in [0.2, 0.25) is 0 Å². The Morgan fingerprint density at radius 2 is 1.52 bits per heavy atom. The Balaban J connectivity index is 1.51. The second-order valence-electron chi connectivity index (χ2n) is 7.65. The molecule has 0 radical (unpaired) electrons. The van der Waals surface area contributed by atoms with Gasteiger partial charge in [-0.05, 0) is 60.7 Å². The lowest BCUT2D eigenvalue weighted by molar-refractivity contribution is 0.0993. The van der Waals surface area contributed by atoms with Crippen LogP contribution < -0.4 is 15.5 Å². The molecule has 3 aromatic carbocycles. The summed E-state index contributed by atoms with van der Waals surface area (Å²) in [6, 6.07) is 26.0. The molecule has 4 rings (SSSR count). The third-order valence-corrected chi connectivity index (χ3v) is 5.81. The molecule has 1 aliphatic heterocycles.